The Morgan fingerprint density at radius 3 is 2.19 bits per heavy atom. The number of amides is 1. The molecule has 0 bridgehead atoms. The molecule has 4 N–H and O–H groups in total. The molecule has 4 aromatic rings. The largest absolute Gasteiger partial charge is 0.480 e. The van der Waals surface area contributed by atoms with Gasteiger partial charge in [0.2, 0.25) is 0 Å². The molecule has 2 aromatic carbocycles. The Balaban J connectivity index is 1.05. The number of Topliss-reactive ketones (excluding diaryl/α,β-unsaturated/α-hetero) is 1. The van der Waals surface area contributed by atoms with E-state index in [1.807, 2.05) is 68.6 Å². The molecule has 3 fully saturated rings. The second-order valence-electron chi connectivity index (χ2n) is 14.9. The molecule has 10 heteroatoms. The number of hydrogen-bond acceptors (Lipinski definition) is 8. The van der Waals surface area contributed by atoms with E-state index < -0.39 is 18.6 Å². The third-order valence-corrected chi connectivity index (χ3v) is 11.1. The van der Waals surface area contributed by atoms with Gasteiger partial charge < -0.3 is 20.3 Å². The number of aliphatic carboxylic acids is 1. The summed E-state index contributed by atoms with van der Waals surface area (Å²) in [7, 11) is 0. The van der Waals surface area contributed by atoms with E-state index in [0.29, 0.717) is 34.8 Å². The minimum absolute atomic E-state index is 0.0974. The number of carboxylic acids is 1. The lowest BCUT2D eigenvalue weighted by molar-refractivity contribution is -0.140. The molecule has 1 amide bonds. The summed E-state index contributed by atoms with van der Waals surface area (Å²) in [5.74, 6) is -0.0169. The van der Waals surface area contributed by atoms with Gasteiger partial charge in [-0.2, -0.15) is 0 Å². The second kappa shape index (κ2) is 16.1. The number of pyridine rings is 2. The van der Waals surface area contributed by atoms with E-state index >= 15 is 0 Å². The Bertz CT molecular complexity index is 2010. The number of aryl methyl sites for hydroxylation is 1. The van der Waals surface area contributed by atoms with Crippen LogP contribution in [0.3, 0.4) is 0 Å². The first kappa shape index (κ1) is 36.6. The predicted octanol–water partition coefficient (Wildman–Crippen LogP) is 6.70. The van der Waals surface area contributed by atoms with E-state index in [0.717, 1.165) is 97.1 Å². The highest BCUT2D eigenvalue weighted by molar-refractivity contribution is 6.04. The van der Waals surface area contributed by atoms with Crippen LogP contribution in [0.5, 0.6) is 0 Å². The van der Waals surface area contributed by atoms with Crippen LogP contribution in [-0.4, -0.2) is 63.7 Å². The van der Waals surface area contributed by atoms with Gasteiger partial charge in [-0.3, -0.25) is 29.7 Å². The fourth-order valence-corrected chi connectivity index (χ4v) is 7.49. The molecule has 3 aliphatic rings. The molecule has 2 saturated carbocycles. The molecule has 1 aliphatic heterocycles. The maximum Gasteiger partial charge on any atom is 0.323 e. The minimum atomic E-state index is -1.12. The van der Waals surface area contributed by atoms with Gasteiger partial charge in [0, 0.05) is 44.3 Å². The first-order valence-corrected chi connectivity index (χ1v) is 18.9. The number of aliphatic hydroxyl groups is 1. The molecule has 3 heterocycles. The monoisotopic (exact) mass is 716 g/mol. The summed E-state index contributed by atoms with van der Waals surface area (Å²) >= 11 is 0. The Hall–Kier alpha value is -4.77. The number of rotatable bonds is 16. The van der Waals surface area contributed by atoms with Crippen LogP contribution in [0.1, 0.15) is 110 Å². The fourth-order valence-electron chi connectivity index (χ4n) is 7.49. The van der Waals surface area contributed by atoms with Crippen LogP contribution in [0.25, 0.3) is 11.1 Å². The van der Waals surface area contributed by atoms with Crippen molar-refractivity contribution in [2.75, 3.05) is 25.1 Å². The minimum Gasteiger partial charge on any atom is -0.480 e. The Kier molecular flexibility index (Phi) is 11.1. The zero-order valence-electron chi connectivity index (χ0n) is 30.5. The van der Waals surface area contributed by atoms with Gasteiger partial charge in [-0.15, -0.1) is 0 Å². The zero-order valence-corrected chi connectivity index (χ0v) is 30.5. The number of carboxylic acid groups (broad SMARTS) is 1. The lowest BCUT2D eigenvalue weighted by Crippen LogP contribution is -2.39. The number of aliphatic hydroxyl groups excluding tert-OH is 1. The summed E-state index contributed by atoms with van der Waals surface area (Å²) in [6, 6.07) is 14.6. The lowest BCUT2D eigenvalue weighted by atomic mass is 9.90. The molecule has 2 aromatic heterocycles. The van der Waals surface area contributed by atoms with Gasteiger partial charge in [-0.25, -0.2) is 0 Å². The SMILES string of the molecule is Cc1c(CC(=O)c2cc(C3CC3)c(CN[C@H](CO)C(=O)O)cn2)cccc1-c1cccc(NC(=O)c2cc(C3CC3)c(CC[C@H]3CCOC3)cn2)c1C. The molecule has 53 heavy (non-hydrogen) atoms. The average molecular weight is 717 g/mol. The van der Waals surface area contributed by atoms with Gasteiger partial charge in [0.25, 0.3) is 5.91 Å². The maximum absolute atomic E-state index is 13.6. The molecule has 10 nitrogen and oxygen atoms in total. The number of carbonyl (C=O) groups excluding carboxylic acids is 2. The van der Waals surface area contributed by atoms with Crippen molar-refractivity contribution in [2.24, 2.45) is 5.92 Å². The van der Waals surface area contributed by atoms with E-state index in [4.69, 9.17) is 4.74 Å². The first-order valence-electron chi connectivity index (χ1n) is 18.9. The Morgan fingerprint density at radius 1 is 0.849 bits per heavy atom. The van der Waals surface area contributed by atoms with E-state index in [2.05, 4.69) is 20.6 Å². The normalized spacial score (nSPS) is 17.5. The van der Waals surface area contributed by atoms with Gasteiger partial charge >= 0.3 is 5.97 Å². The Labute approximate surface area is 310 Å². The quantitative estimate of drug-likeness (QED) is 0.0930. The van der Waals surface area contributed by atoms with E-state index in [1.165, 1.54) is 11.1 Å². The summed E-state index contributed by atoms with van der Waals surface area (Å²) in [5, 5.41) is 24.7. The fraction of sp³-hybridized carbons (Fsp3) is 0.419. The van der Waals surface area contributed by atoms with Crippen LogP contribution in [0.4, 0.5) is 5.69 Å². The van der Waals surface area contributed by atoms with Gasteiger partial charge in [0.05, 0.1) is 6.61 Å². The number of nitrogens with zero attached hydrogens (tertiary/aromatic N) is 2. The standard InChI is InChI=1S/C43H48N4O6/c1-25-30(17-41(49)38-18-36(29-13-14-29)32(21-44-38)22-46-40(23-48)43(51)52)5-3-6-33(25)34-7-4-8-37(26(34)2)47-42(50)39-19-35(28-11-12-28)31(20-45-39)10-9-27-15-16-53-24-27/h3-8,18-21,27-29,40,46,48H,9-17,22-24H2,1-2H3,(H,47,50)(H,51,52)/t27-,40+/m0/s1. The van der Waals surface area contributed by atoms with Crippen molar-refractivity contribution in [3.05, 3.63) is 111 Å². The van der Waals surface area contributed by atoms with Crippen LogP contribution in [0.2, 0.25) is 0 Å². The van der Waals surface area contributed by atoms with Crippen LogP contribution in [0, 0.1) is 19.8 Å². The molecule has 0 spiro atoms. The lowest BCUT2D eigenvalue weighted by Gasteiger charge is -2.17. The second-order valence-corrected chi connectivity index (χ2v) is 14.9. The molecule has 276 valence electrons. The van der Waals surface area contributed by atoms with Crippen LogP contribution in [0.15, 0.2) is 60.9 Å². The number of aromatic nitrogens is 2. The topological polar surface area (TPSA) is 151 Å². The van der Waals surface area contributed by atoms with Crippen molar-refractivity contribution in [1.29, 1.82) is 0 Å². The highest BCUT2D eigenvalue weighted by atomic mass is 16.5. The van der Waals surface area contributed by atoms with E-state index in [-0.39, 0.29) is 24.7 Å². The molecule has 2 atom stereocenters. The van der Waals surface area contributed by atoms with Crippen molar-refractivity contribution in [1.82, 2.24) is 15.3 Å². The van der Waals surface area contributed by atoms with Gasteiger partial charge in [0.1, 0.15) is 17.4 Å². The summed E-state index contributed by atoms with van der Waals surface area (Å²) in [6.45, 7) is 5.44. The maximum atomic E-state index is 13.6. The number of nitrogens with one attached hydrogen (secondary N) is 2. The molecule has 1 saturated heterocycles. The van der Waals surface area contributed by atoms with Crippen molar-refractivity contribution < 1.29 is 29.3 Å². The highest BCUT2D eigenvalue weighted by Gasteiger charge is 2.30. The summed E-state index contributed by atoms with van der Waals surface area (Å²) in [4.78, 5) is 47.7. The third-order valence-electron chi connectivity index (χ3n) is 11.1. The predicted molar refractivity (Wildman–Crippen MR) is 202 cm³/mol. The molecule has 2 aliphatic carbocycles. The van der Waals surface area contributed by atoms with Gasteiger partial charge in [-0.1, -0.05) is 30.3 Å². The van der Waals surface area contributed by atoms with Crippen molar-refractivity contribution in [2.45, 2.75) is 89.6 Å². The smallest absolute Gasteiger partial charge is 0.323 e. The number of hydrogen-bond donors (Lipinski definition) is 4. The average Bonchev–Trinajstić information content (AvgIpc) is 4.11. The highest BCUT2D eigenvalue weighted by Crippen LogP contribution is 2.43. The number of benzene rings is 2. The molecule has 7 rings (SSSR count). The van der Waals surface area contributed by atoms with Crippen molar-refractivity contribution in [3.8, 4) is 11.1 Å². The number of ether oxygens (including phenoxy) is 1. The van der Waals surface area contributed by atoms with Crippen molar-refractivity contribution in [3.63, 3.8) is 0 Å². The summed E-state index contributed by atoms with van der Waals surface area (Å²) < 4.78 is 5.56. The Morgan fingerprint density at radius 2 is 1.51 bits per heavy atom. The zero-order chi connectivity index (χ0) is 37.1. The molecule has 0 radical (unpaired) electrons. The van der Waals surface area contributed by atoms with Crippen LogP contribution < -0.4 is 10.6 Å². The van der Waals surface area contributed by atoms with Gasteiger partial charge in [0.15, 0.2) is 5.78 Å². The third kappa shape index (κ3) is 8.56. The van der Waals surface area contributed by atoms with E-state index in [9.17, 15) is 24.6 Å². The molecular formula is C43H48N4O6. The number of anilines is 1. The number of carbonyl (C=O) groups is 3. The van der Waals surface area contributed by atoms with Crippen molar-refractivity contribution >= 4 is 23.3 Å². The molecule has 0 unspecified atom stereocenters. The van der Waals surface area contributed by atoms with Crippen LogP contribution >= 0.6 is 0 Å². The van der Waals surface area contributed by atoms with Crippen LogP contribution in [-0.2, 0) is 28.9 Å². The van der Waals surface area contributed by atoms with E-state index in [1.54, 1.807) is 6.20 Å². The first-order chi connectivity index (χ1) is 25.7. The van der Waals surface area contributed by atoms with Gasteiger partial charge in [-0.05, 0) is 145 Å². The summed E-state index contributed by atoms with van der Waals surface area (Å²) in [6.07, 6.45) is 11.2. The number of ketones is 1. The summed E-state index contributed by atoms with van der Waals surface area (Å²) in [5.41, 5.74) is 10.6. The molecular weight excluding hydrogens is 668 g/mol.